The van der Waals surface area contributed by atoms with Crippen LogP contribution in [0.4, 0.5) is 32.0 Å². The molecular weight excluding hydrogens is 648 g/mol. The molecule has 0 unspecified atom stereocenters. The molecule has 0 aromatic heterocycles. The van der Waals surface area contributed by atoms with Gasteiger partial charge in [-0.25, -0.2) is 9.59 Å². The summed E-state index contributed by atoms with van der Waals surface area (Å²) >= 11 is 0. The maximum absolute atomic E-state index is 13.0. The molecule has 9 nitrogen and oxygen atoms in total. The van der Waals surface area contributed by atoms with Gasteiger partial charge in [0.2, 0.25) is 5.91 Å². The lowest BCUT2D eigenvalue weighted by Gasteiger charge is -2.39. The van der Waals surface area contributed by atoms with Gasteiger partial charge in [-0.2, -0.15) is 26.3 Å². The number of carboxylic acid groups (broad SMARTS) is 2. The van der Waals surface area contributed by atoms with E-state index < -0.39 is 24.3 Å². The van der Waals surface area contributed by atoms with E-state index in [4.69, 9.17) is 24.5 Å². The molecule has 1 amide bonds. The monoisotopic (exact) mass is 691 g/mol. The van der Waals surface area contributed by atoms with Crippen LogP contribution < -0.4 is 9.64 Å². The second kappa shape index (κ2) is 17.4. The number of aliphatic carboxylic acids is 2. The van der Waals surface area contributed by atoms with E-state index in [1.807, 2.05) is 14.1 Å². The van der Waals surface area contributed by atoms with Crippen molar-refractivity contribution >= 4 is 23.5 Å². The topological polar surface area (TPSA) is 111 Å². The predicted molar refractivity (Wildman–Crippen MR) is 167 cm³/mol. The third-order valence-electron chi connectivity index (χ3n) is 7.94. The Morgan fingerprint density at radius 1 is 0.854 bits per heavy atom. The van der Waals surface area contributed by atoms with Crippen molar-refractivity contribution in [2.45, 2.75) is 58.4 Å². The van der Waals surface area contributed by atoms with Crippen molar-refractivity contribution in [1.82, 2.24) is 9.80 Å². The molecule has 2 saturated heterocycles. The highest BCUT2D eigenvalue weighted by atomic mass is 19.4. The Labute approximate surface area is 276 Å². The first-order chi connectivity index (χ1) is 22.2. The van der Waals surface area contributed by atoms with E-state index in [-0.39, 0.29) is 5.91 Å². The number of ether oxygens (including phenoxy) is 1. The second-order valence-electron chi connectivity index (χ2n) is 12.5. The molecule has 2 aromatic carbocycles. The third kappa shape index (κ3) is 13.2. The Kier molecular flexibility index (Phi) is 14.6. The molecule has 2 aromatic rings. The Balaban J connectivity index is 0.000000479. The highest BCUT2D eigenvalue weighted by Gasteiger charge is 2.42. The molecule has 0 bridgehead atoms. The van der Waals surface area contributed by atoms with Gasteiger partial charge >= 0.3 is 24.3 Å². The zero-order valence-corrected chi connectivity index (χ0v) is 27.4. The molecule has 4 rings (SSSR count). The van der Waals surface area contributed by atoms with Crippen LogP contribution in [-0.4, -0.2) is 97.1 Å². The van der Waals surface area contributed by atoms with E-state index in [1.54, 1.807) is 0 Å². The Bertz CT molecular complexity index is 1320. The fraction of sp³-hybridized carbons (Fsp3) is 0.545. The summed E-state index contributed by atoms with van der Waals surface area (Å²) in [7, 11) is 4.07. The number of halogens is 6. The zero-order valence-electron chi connectivity index (χ0n) is 27.4. The summed E-state index contributed by atoms with van der Waals surface area (Å²) < 4.78 is 69.5. The van der Waals surface area contributed by atoms with E-state index in [0.717, 1.165) is 62.8 Å². The molecule has 2 aliphatic heterocycles. The molecule has 2 N–H and O–H groups in total. The molecule has 0 atom stereocenters. The number of carbonyl (C=O) groups is 3. The van der Waals surface area contributed by atoms with Gasteiger partial charge in [0.05, 0.1) is 13.0 Å². The van der Waals surface area contributed by atoms with Crippen LogP contribution in [-0.2, 0) is 27.3 Å². The molecule has 0 saturated carbocycles. The quantitative estimate of drug-likeness (QED) is 0.319. The number of alkyl halides is 6. The number of hydrogen-bond acceptors (Lipinski definition) is 6. The smallest absolute Gasteiger partial charge is 0.490 e. The number of amides is 1. The maximum atomic E-state index is 13.0. The van der Waals surface area contributed by atoms with Crippen molar-refractivity contribution in [3.8, 4) is 5.75 Å². The molecule has 2 fully saturated rings. The molecule has 15 heteroatoms. The van der Waals surface area contributed by atoms with E-state index in [9.17, 15) is 31.1 Å². The lowest BCUT2D eigenvalue weighted by molar-refractivity contribution is -0.193. The summed E-state index contributed by atoms with van der Waals surface area (Å²) in [6, 6.07) is 16.8. The van der Waals surface area contributed by atoms with Gasteiger partial charge in [-0.1, -0.05) is 44.2 Å². The largest absolute Gasteiger partial charge is 0.493 e. The third-order valence-corrected chi connectivity index (χ3v) is 7.94. The number of carbonyl (C=O) groups excluding carboxylic acids is 1. The number of para-hydroxylation sites is 1. The van der Waals surface area contributed by atoms with Crippen LogP contribution in [0.5, 0.6) is 5.75 Å². The molecular formula is C33H43F6N3O6. The van der Waals surface area contributed by atoms with Gasteiger partial charge in [0, 0.05) is 45.0 Å². The number of piperidine rings is 1. The van der Waals surface area contributed by atoms with Crippen LogP contribution in [0, 0.1) is 11.3 Å². The average Bonchev–Trinajstić information content (AvgIpc) is 3.41. The number of carboxylic acids is 2. The van der Waals surface area contributed by atoms with Crippen LogP contribution in [0.1, 0.15) is 44.2 Å². The fourth-order valence-electron chi connectivity index (χ4n) is 5.21. The van der Waals surface area contributed by atoms with E-state index in [0.29, 0.717) is 17.8 Å². The number of hydrogen-bond donors (Lipinski definition) is 2. The number of benzene rings is 2. The standard InChI is InChI=1S/C29H41N3O2.2C2HF3O2/c1-23(2)21-34-27-8-6-5-7-25(27)20-31-16-13-29(14-17-31)15-18-32(22-29)28(33)19-24-9-11-26(12-10-24)30(3)4;2*3-2(4,5)1(6)7/h5-12,23H,13-22H2,1-4H3;2*(H,6,7). The lowest BCUT2D eigenvalue weighted by atomic mass is 9.77. The minimum Gasteiger partial charge on any atom is -0.493 e. The molecule has 2 aliphatic rings. The van der Waals surface area contributed by atoms with Gasteiger partial charge in [-0.3, -0.25) is 9.69 Å². The number of rotatable bonds is 8. The minimum atomic E-state index is -5.08. The molecule has 48 heavy (non-hydrogen) atoms. The first-order valence-corrected chi connectivity index (χ1v) is 15.3. The van der Waals surface area contributed by atoms with Crippen molar-refractivity contribution in [3.63, 3.8) is 0 Å². The Morgan fingerprint density at radius 2 is 1.35 bits per heavy atom. The van der Waals surface area contributed by atoms with Gasteiger partial charge < -0.3 is 24.7 Å². The maximum Gasteiger partial charge on any atom is 0.490 e. The second-order valence-corrected chi connectivity index (χ2v) is 12.5. The first kappa shape index (κ1) is 40.2. The zero-order chi connectivity index (χ0) is 36.3. The van der Waals surface area contributed by atoms with Crippen LogP contribution in [0.2, 0.25) is 0 Å². The summed E-state index contributed by atoms with van der Waals surface area (Å²) in [5, 5.41) is 14.2. The summed E-state index contributed by atoms with van der Waals surface area (Å²) in [6.07, 6.45) is -6.18. The number of likely N-dealkylation sites (tertiary alicyclic amines) is 2. The lowest BCUT2D eigenvalue weighted by Crippen LogP contribution is -2.42. The predicted octanol–water partition coefficient (Wildman–Crippen LogP) is 6.11. The van der Waals surface area contributed by atoms with Crippen molar-refractivity contribution in [3.05, 3.63) is 59.7 Å². The van der Waals surface area contributed by atoms with Gasteiger partial charge in [0.25, 0.3) is 0 Å². The van der Waals surface area contributed by atoms with Gasteiger partial charge in [0.15, 0.2) is 0 Å². The molecule has 0 aliphatic carbocycles. The summed E-state index contributed by atoms with van der Waals surface area (Å²) in [5.41, 5.74) is 3.85. The van der Waals surface area contributed by atoms with Crippen LogP contribution in [0.15, 0.2) is 48.5 Å². The average molecular weight is 692 g/mol. The van der Waals surface area contributed by atoms with Crippen molar-refractivity contribution in [2.75, 3.05) is 51.8 Å². The van der Waals surface area contributed by atoms with E-state index >= 15 is 0 Å². The first-order valence-electron chi connectivity index (χ1n) is 15.3. The van der Waals surface area contributed by atoms with Crippen LogP contribution >= 0.6 is 0 Å². The van der Waals surface area contributed by atoms with Gasteiger partial charge in [0.1, 0.15) is 5.75 Å². The summed E-state index contributed by atoms with van der Waals surface area (Å²) in [4.78, 5) is 37.5. The summed E-state index contributed by atoms with van der Waals surface area (Å²) in [6.45, 7) is 10.1. The van der Waals surface area contributed by atoms with Crippen molar-refractivity contribution in [2.24, 2.45) is 11.3 Å². The molecule has 2 heterocycles. The van der Waals surface area contributed by atoms with Crippen LogP contribution in [0.3, 0.4) is 0 Å². The summed E-state index contributed by atoms with van der Waals surface area (Å²) in [5.74, 6) is -3.70. The van der Waals surface area contributed by atoms with Gasteiger partial charge in [-0.05, 0) is 67.4 Å². The molecule has 1 spiro atoms. The Hall–Kier alpha value is -4.01. The van der Waals surface area contributed by atoms with E-state index in [2.05, 4.69) is 77.1 Å². The van der Waals surface area contributed by atoms with Crippen molar-refractivity contribution < 1.29 is 55.7 Å². The SMILES string of the molecule is CC(C)COc1ccccc1CN1CCC2(CC1)CCN(C(=O)Cc1ccc(N(C)C)cc1)C2.O=C(O)C(F)(F)F.O=C(O)C(F)(F)F. The normalized spacial score (nSPS) is 16.0. The Morgan fingerprint density at radius 3 is 1.83 bits per heavy atom. The highest BCUT2D eigenvalue weighted by Crippen LogP contribution is 2.41. The number of anilines is 1. The molecule has 268 valence electrons. The van der Waals surface area contributed by atoms with Crippen molar-refractivity contribution in [1.29, 1.82) is 0 Å². The highest BCUT2D eigenvalue weighted by molar-refractivity contribution is 5.79. The van der Waals surface area contributed by atoms with Gasteiger partial charge in [-0.15, -0.1) is 0 Å². The molecule has 0 radical (unpaired) electrons. The fourth-order valence-corrected chi connectivity index (χ4v) is 5.21. The number of nitrogens with zero attached hydrogens (tertiary/aromatic N) is 3. The minimum absolute atomic E-state index is 0.271. The van der Waals surface area contributed by atoms with E-state index in [1.165, 1.54) is 18.4 Å². The van der Waals surface area contributed by atoms with Crippen LogP contribution in [0.25, 0.3) is 0 Å².